The third-order valence-electron chi connectivity index (χ3n) is 2.11. The van der Waals surface area contributed by atoms with Crippen molar-refractivity contribution in [3.8, 4) is 0 Å². The maximum atomic E-state index is 11.4. The van der Waals surface area contributed by atoms with Crippen molar-refractivity contribution in [1.82, 2.24) is 10.3 Å². The van der Waals surface area contributed by atoms with E-state index in [1.165, 1.54) is 0 Å². The maximum absolute atomic E-state index is 11.4. The number of amides is 1. The van der Waals surface area contributed by atoms with Crippen LogP contribution in [0.1, 0.15) is 17.7 Å². The number of aromatic nitrogens is 1. The number of hydrogen-bond acceptors (Lipinski definition) is 3. The molecule has 0 aliphatic carbocycles. The van der Waals surface area contributed by atoms with Gasteiger partial charge in [0.15, 0.2) is 0 Å². The van der Waals surface area contributed by atoms with E-state index < -0.39 is 5.97 Å². The molecule has 0 aliphatic rings. The smallest absolute Gasteiger partial charge is 0.305 e. The van der Waals surface area contributed by atoms with Crippen molar-refractivity contribution < 1.29 is 14.7 Å². The zero-order chi connectivity index (χ0) is 12.0. The first-order valence-corrected chi connectivity index (χ1v) is 4.98. The quantitative estimate of drug-likeness (QED) is 0.761. The molecule has 86 valence electrons. The molecule has 0 aromatic carbocycles. The van der Waals surface area contributed by atoms with Crippen molar-refractivity contribution in [2.24, 2.45) is 0 Å². The van der Waals surface area contributed by atoms with Crippen LogP contribution in [0.5, 0.6) is 0 Å². The van der Waals surface area contributed by atoms with Gasteiger partial charge in [-0.05, 0) is 18.6 Å². The molecular formula is C11H14N2O3. The van der Waals surface area contributed by atoms with Gasteiger partial charge >= 0.3 is 5.97 Å². The van der Waals surface area contributed by atoms with Crippen molar-refractivity contribution in [3.63, 3.8) is 0 Å². The molecule has 16 heavy (non-hydrogen) atoms. The average molecular weight is 222 g/mol. The number of carboxylic acid groups (broad SMARTS) is 1. The Morgan fingerprint density at radius 1 is 1.50 bits per heavy atom. The van der Waals surface area contributed by atoms with Gasteiger partial charge in [-0.3, -0.25) is 14.6 Å². The second kappa shape index (κ2) is 5.85. The molecule has 0 saturated heterocycles. The van der Waals surface area contributed by atoms with Crippen molar-refractivity contribution in [2.75, 3.05) is 6.54 Å². The molecule has 0 spiro atoms. The van der Waals surface area contributed by atoms with Crippen LogP contribution in [-0.2, 0) is 16.0 Å². The van der Waals surface area contributed by atoms with Crippen LogP contribution in [0.3, 0.4) is 0 Å². The predicted octanol–water partition coefficient (Wildman–Crippen LogP) is 0.523. The normalized spacial score (nSPS) is 9.81. The van der Waals surface area contributed by atoms with Crippen molar-refractivity contribution >= 4 is 11.9 Å². The van der Waals surface area contributed by atoms with Gasteiger partial charge in [0.05, 0.1) is 18.5 Å². The molecule has 0 unspecified atom stereocenters. The number of nitrogens with one attached hydrogen (secondary N) is 1. The van der Waals surface area contributed by atoms with Gasteiger partial charge in [-0.25, -0.2) is 0 Å². The molecule has 5 nitrogen and oxygen atoms in total. The van der Waals surface area contributed by atoms with Gasteiger partial charge in [0.25, 0.3) is 0 Å². The molecule has 1 heterocycles. The summed E-state index contributed by atoms with van der Waals surface area (Å²) < 4.78 is 0. The standard InChI is InChI=1S/C11H14N2O3/c1-8-3-2-5-12-9(8)7-10(14)13-6-4-11(15)16/h2-3,5H,4,6-7H2,1H3,(H,13,14)(H,15,16). The first-order chi connectivity index (χ1) is 7.59. The third-order valence-corrected chi connectivity index (χ3v) is 2.11. The lowest BCUT2D eigenvalue weighted by Crippen LogP contribution is -2.28. The molecule has 1 rings (SSSR count). The number of aryl methyl sites for hydroxylation is 1. The number of carbonyl (C=O) groups excluding carboxylic acids is 1. The molecule has 0 saturated carbocycles. The summed E-state index contributed by atoms with van der Waals surface area (Å²) in [6, 6.07) is 3.69. The van der Waals surface area contributed by atoms with Gasteiger partial charge in [0.2, 0.25) is 5.91 Å². The molecule has 5 heteroatoms. The van der Waals surface area contributed by atoms with Gasteiger partial charge in [0, 0.05) is 12.7 Å². The minimum absolute atomic E-state index is 0.0626. The average Bonchev–Trinajstić information content (AvgIpc) is 2.21. The predicted molar refractivity (Wildman–Crippen MR) is 57.9 cm³/mol. The molecule has 0 atom stereocenters. The summed E-state index contributed by atoms with van der Waals surface area (Å²) in [7, 11) is 0. The molecule has 1 aromatic rings. The highest BCUT2D eigenvalue weighted by atomic mass is 16.4. The van der Waals surface area contributed by atoms with Crippen LogP contribution in [0, 0.1) is 6.92 Å². The monoisotopic (exact) mass is 222 g/mol. The van der Waals surface area contributed by atoms with Crippen molar-refractivity contribution in [2.45, 2.75) is 19.8 Å². The molecular weight excluding hydrogens is 208 g/mol. The van der Waals surface area contributed by atoms with Crippen LogP contribution < -0.4 is 5.32 Å². The Balaban J connectivity index is 2.40. The SMILES string of the molecule is Cc1cccnc1CC(=O)NCCC(=O)O. The fraction of sp³-hybridized carbons (Fsp3) is 0.364. The summed E-state index contributed by atoms with van der Waals surface area (Å²) in [5, 5.41) is 10.9. The van der Waals surface area contributed by atoms with Crippen LogP contribution in [0.25, 0.3) is 0 Å². The lowest BCUT2D eigenvalue weighted by molar-refractivity contribution is -0.136. The van der Waals surface area contributed by atoms with Crippen LogP contribution in [0.15, 0.2) is 18.3 Å². The second-order valence-corrected chi connectivity index (χ2v) is 3.44. The first-order valence-electron chi connectivity index (χ1n) is 4.98. The fourth-order valence-electron chi connectivity index (χ4n) is 1.23. The van der Waals surface area contributed by atoms with Crippen LogP contribution in [-0.4, -0.2) is 28.5 Å². The Hall–Kier alpha value is -1.91. The van der Waals surface area contributed by atoms with E-state index in [0.29, 0.717) is 0 Å². The van der Waals surface area contributed by atoms with Crippen LogP contribution in [0.2, 0.25) is 0 Å². The van der Waals surface area contributed by atoms with Gasteiger partial charge < -0.3 is 10.4 Å². The molecule has 2 N–H and O–H groups in total. The molecule has 0 fully saturated rings. The zero-order valence-electron chi connectivity index (χ0n) is 9.06. The van der Waals surface area contributed by atoms with Crippen LogP contribution in [0.4, 0.5) is 0 Å². The minimum atomic E-state index is -0.922. The number of rotatable bonds is 5. The van der Waals surface area contributed by atoms with Gasteiger partial charge in [-0.15, -0.1) is 0 Å². The van der Waals surface area contributed by atoms with Crippen molar-refractivity contribution in [1.29, 1.82) is 0 Å². The Bertz CT molecular complexity index is 391. The van der Waals surface area contributed by atoms with E-state index in [9.17, 15) is 9.59 Å². The number of hydrogen-bond donors (Lipinski definition) is 2. The number of aliphatic carboxylic acids is 1. The molecule has 0 aliphatic heterocycles. The van der Waals surface area contributed by atoms with Crippen molar-refractivity contribution in [3.05, 3.63) is 29.6 Å². The molecule has 1 aromatic heterocycles. The summed E-state index contributed by atoms with van der Waals surface area (Å²) in [5.74, 6) is -1.13. The van der Waals surface area contributed by atoms with E-state index in [1.54, 1.807) is 12.3 Å². The van der Waals surface area contributed by atoms with E-state index in [0.717, 1.165) is 11.3 Å². The highest BCUT2D eigenvalue weighted by Gasteiger charge is 2.06. The second-order valence-electron chi connectivity index (χ2n) is 3.44. The summed E-state index contributed by atoms with van der Waals surface area (Å²) in [6.07, 6.45) is 1.76. The summed E-state index contributed by atoms with van der Waals surface area (Å²) >= 11 is 0. The maximum Gasteiger partial charge on any atom is 0.305 e. The summed E-state index contributed by atoms with van der Waals surface area (Å²) in [4.78, 5) is 25.7. The first kappa shape index (κ1) is 12.2. The van der Waals surface area contributed by atoms with Crippen LogP contribution >= 0.6 is 0 Å². The number of carbonyl (C=O) groups is 2. The number of pyridine rings is 1. The van der Waals surface area contributed by atoms with Gasteiger partial charge in [-0.2, -0.15) is 0 Å². The fourth-order valence-corrected chi connectivity index (χ4v) is 1.23. The summed E-state index contributed by atoms with van der Waals surface area (Å²) in [6.45, 7) is 2.03. The van der Waals surface area contributed by atoms with Gasteiger partial charge in [-0.1, -0.05) is 6.07 Å². The highest BCUT2D eigenvalue weighted by molar-refractivity contribution is 5.79. The number of carboxylic acids is 1. The Kier molecular flexibility index (Phi) is 4.44. The molecule has 0 bridgehead atoms. The Morgan fingerprint density at radius 2 is 2.25 bits per heavy atom. The lowest BCUT2D eigenvalue weighted by atomic mass is 10.1. The number of nitrogens with zero attached hydrogens (tertiary/aromatic N) is 1. The largest absolute Gasteiger partial charge is 0.481 e. The van der Waals surface area contributed by atoms with E-state index in [1.807, 2.05) is 13.0 Å². The van der Waals surface area contributed by atoms with E-state index in [2.05, 4.69) is 10.3 Å². The zero-order valence-corrected chi connectivity index (χ0v) is 9.06. The molecule has 1 amide bonds. The minimum Gasteiger partial charge on any atom is -0.481 e. The topological polar surface area (TPSA) is 79.3 Å². The van der Waals surface area contributed by atoms with E-state index >= 15 is 0 Å². The van der Waals surface area contributed by atoms with Gasteiger partial charge in [0.1, 0.15) is 0 Å². The van der Waals surface area contributed by atoms with E-state index in [4.69, 9.17) is 5.11 Å². The lowest BCUT2D eigenvalue weighted by Gasteiger charge is -2.05. The third kappa shape index (κ3) is 4.08. The summed E-state index contributed by atoms with van der Waals surface area (Å²) in [5.41, 5.74) is 1.67. The van der Waals surface area contributed by atoms with E-state index in [-0.39, 0.29) is 25.3 Å². The molecule has 0 radical (unpaired) electrons. The Morgan fingerprint density at radius 3 is 2.88 bits per heavy atom. The highest BCUT2D eigenvalue weighted by Crippen LogP contribution is 2.03. The Labute approximate surface area is 93.5 Å².